The van der Waals surface area contributed by atoms with Crippen molar-refractivity contribution in [3.05, 3.63) is 36.7 Å². The molecule has 2 N–H and O–H groups in total. The number of carbonyl (C=O) groups is 1. The fourth-order valence-electron chi connectivity index (χ4n) is 1.58. The highest BCUT2D eigenvalue weighted by molar-refractivity contribution is 5.80. The third kappa shape index (κ3) is 2.63. The molecule has 1 aromatic carbocycles. The number of aromatic nitrogens is 2. The van der Waals surface area contributed by atoms with Gasteiger partial charge in [0.1, 0.15) is 0 Å². The predicted octanol–water partition coefficient (Wildman–Crippen LogP) is 1.63. The summed E-state index contributed by atoms with van der Waals surface area (Å²) in [6.45, 7) is 0.477. The molecule has 2 aromatic rings. The number of nitrogens with one attached hydrogen (secondary N) is 1. The maximum atomic E-state index is 10.3. The molecule has 5 nitrogen and oxygen atoms in total. The molecule has 1 heterocycles. The zero-order valence-corrected chi connectivity index (χ0v) is 9.42. The topological polar surface area (TPSA) is 67.2 Å². The first-order valence-electron chi connectivity index (χ1n) is 5.21. The van der Waals surface area contributed by atoms with Gasteiger partial charge < -0.3 is 15.0 Å². The molecule has 0 aliphatic rings. The van der Waals surface area contributed by atoms with Crippen molar-refractivity contribution in [2.45, 2.75) is 0 Å². The summed E-state index contributed by atoms with van der Waals surface area (Å²) < 4.78 is 1.95. The molecule has 1 aromatic heterocycles. The molecule has 0 radical (unpaired) electrons. The summed E-state index contributed by atoms with van der Waals surface area (Å²) in [6, 6.07) is 5.86. The van der Waals surface area contributed by atoms with Crippen LogP contribution in [0.4, 0.5) is 5.69 Å². The third-order valence-corrected chi connectivity index (χ3v) is 2.41. The van der Waals surface area contributed by atoms with Crippen molar-refractivity contribution in [3.63, 3.8) is 0 Å². The first-order valence-corrected chi connectivity index (χ1v) is 5.21. The monoisotopic (exact) mass is 231 g/mol. The van der Waals surface area contributed by atoms with E-state index < -0.39 is 5.97 Å². The van der Waals surface area contributed by atoms with Gasteiger partial charge in [0, 0.05) is 25.4 Å². The molecular weight excluding hydrogens is 218 g/mol. The Labute approximate surface area is 98.4 Å². The van der Waals surface area contributed by atoms with Crippen molar-refractivity contribution in [2.24, 2.45) is 7.05 Å². The van der Waals surface area contributed by atoms with Crippen LogP contribution in [-0.4, -0.2) is 27.2 Å². The van der Waals surface area contributed by atoms with Crippen LogP contribution in [0.15, 0.2) is 36.7 Å². The van der Waals surface area contributed by atoms with E-state index in [9.17, 15) is 4.79 Å². The van der Waals surface area contributed by atoms with E-state index in [4.69, 9.17) is 5.11 Å². The van der Waals surface area contributed by atoms with Gasteiger partial charge in [0.2, 0.25) is 0 Å². The van der Waals surface area contributed by atoms with Crippen LogP contribution in [0.2, 0.25) is 0 Å². The SMILES string of the molecule is Cn1cnc2cc(NC/C=C/C(=O)O)ccc21. The van der Waals surface area contributed by atoms with E-state index >= 15 is 0 Å². The second-order valence-corrected chi connectivity index (χ2v) is 3.68. The number of carboxylic acids is 1. The van der Waals surface area contributed by atoms with Gasteiger partial charge in [-0.05, 0) is 18.2 Å². The normalized spacial score (nSPS) is 11.1. The minimum absolute atomic E-state index is 0.477. The Morgan fingerprint density at radius 1 is 1.59 bits per heavy atom. The number of aliphatic carboxylic acids is 1. The quantitative estimate of drug-likeness (QED) is 0.785. The number of imidazole rings is 1. The van der Waals surface area contributed by atoms with Gasteiger partial charge in [0.05, 0.1) is 17.4 Å². The Hall–Kier alpha value is -2.30. The van der Waals surface area contributed by atoms with Crippen molar-refractivity contribution in [2.75, 3.05) is 11.9 Å². The predicted molar refractivity (Wildman–Crippen MR) is 66.0 cm³/mol. The number of anilines is 1. The highest BCUT2D eigenvalue weighted by atomic mass is 16.4. The molecule has 0 saturated heterocycles. The number of benzene rings is 1. The molecule has 0 bridgehead atoms. The van der Waals surface area contributed by atoms with Gasteiger partial charge in [-0.1, -0.05) is 6.08 Å². The van der Waals surface area contributed by atoms with Crippen LogP contribution in [-0.2, 0) is 11.8 Å². The number of rotatable bonds is 4. The fraction of sp³-hybridized carbons (Fsp3) is 0.167. The van der Waals surface area contributed by atoms with Crippen LogP contribution in [0.5, 0.6) is 0 Å². The van der Waals surface area contributed by atoms with Gasteiger partial charge in [-0.15, -0.1) is 0 Å². The number of nitrogens with zero attached hydrogens (tertiary/aromatic N) is 2. The Bertz CT molecular complexity index is 572. The van der Waals surface area contributed by atoms with Crippen LogP contribution in [0.3, 0.4) is 0 Å². The van der Waals surface area contributed by atoms with Crippen molar-refractivity contribution in [3.8, 4) is 0 Å². The molecule has 0 amide bonds. The molecule has 0 fully saturated rings. The van der Waals surface area contributed by atoms with E-state index in [1.165, 1.54) is 0 Å². The van der Waals surface area contributed by atoms with Crippen molar-refractivity contribution >= 4 is 22.7 Å². The summed E-state index contributed by atoms with van der Waals surface area (Å²) >= 11 is 0. The molecular formula is C12H13N3O2. The molecule has 88 valence electrons. The van der Waals surface area contributed by atoms with E-state index in [0.29, 0.717) is 6.54 Å². The number of hydrogen-bond donors (Lipinski definition) is 2. The average Bonchev–Trinajstić information content (AvgIpc) is 2.66. The van der Waals surface area contributed by atoms with Crippen LogP contribution in [0.1, 0.15) is 0 Å². The summed E-state index contributed by atoms with van der Waals surface area (Å²) in [7, 11) is 1.94. The Balaban J connectivity index is 2.07. The van der Waals surface area contributed by atoms with Gasteiger partial charge in [0.15, 0.2) is 0 Å². The summed E-state index contributed by atoms with van der Waals surface area (Å²) in [4.78, 5) is 14.5. The fourth-order valence-corrected chi connectivity index (χ4v) is 1.58. The van der Waals surface area contributed by atoms with Crippen LogP contribution in [0, 0.1) is 0 Å². The second-order valence-electron chi connectivity index (χ2n) is 3.68. The van der Waals surface area contributed by atoms with E-state index in [0.717, 1.165) is 22.8 Å². The first kappa shape index (κ1) is 11.2. The largest absolute Gasteiger partial charge is 0.478 e. The van der Waals surface area contributed by atoms with Crippen molar-refractivity contribution < 1.29 is 9.90 Å². The smallest absolute Gasteiger partial charge is 0.328 e. The number of aryl methyl sites for hydroxylation is 1. The maximum absolute atomic E-state index is 10.3. The van der Waals surface area contributed by atoms with E-state index in [-0.39, 0.29) is 0 Å². The van der Waals surface area contributed by atoms with Crippen LogP contribution >= 0.6 is 0 Å². The van der Waals surface area contributed by atoms with Crippen LogP contribution in [0.25, 0.3) is 11.0 Å². The Kier molecular flexibility index (Phi) is 3.09. The van der Waals surface area contributed by atoms with E-state index in [1.807, 2.05) is 29.8 Å². The van der Waals surface area contributed by atoms with Crippen molar-refractivity contribution in [1.82, 2.24) is 9.55 Å². The maximum Gasteiger partial charge on any atom is 0.328 e. The summed E-state index contributed by atoms with van der Waals surface area (Å²) in [5.74, 6) is -0.938. The molecule has 0 aliphatic carbocycles. The van der Waals surface area contributed by atoms with Crippen LogP contribution < -0.4 is 5.32 Å². The van der Waals surface area contributed by atoms with Gasteiger partial charge >= 0.3 is 5.97 Å². The number of hydrogen-bond acceptors (Lipinski definition) is 3. The lowest BCUT2D eigenvalue weighted by Gasteiger charge is -2.03. The standard InChI is InChI=1S/C12H13N3O2/c1-15-8-14-10-7-9(4-5-11(10)15)13-6-2-3-12(16)17/h2-5,7-8,13H,6H2,1H3,(H,16,17)/b3-2+. The Morgan fingerprint density at radius 3 is 3.18 bits per heavy atom. The van der Waals surface area contributed by atoms with Gasteiger partial charge in [0.25, 0.3) is 0 Å². The third-order valence-electron chi connectivity index (χ3n) is 2.41. The summed E-state index contributed by atoms with van der Waals surface area (Å²) in [6.07, 6.45) is 4.44. The molecule has 2 rings (SSSR count). The van der Waals surface area contributed by atoms with Crippen molar-refractivity contribution in [1.29, 1.82) is 0 Å². The summed E-state index contributed by atoms with van der Waals surface area (Å²) in [5.41, 5.74) is 2.91. The lowest BCUT2D eigenvalue weighted by molar-refractivity contribution is -0.131. The lowest BCUT2D eigenvalue weighted by Crippen LogP contribution is -1.99. The Morgan fingerprint density at radius 2 is 2.41 bits per heavy atom. The zero-order valence-electron chi connectivity index (χ0n) is 9.42. The minimum atomic E-state index is -0.938. The molecule has 0 saturated carbocycles. The number of carboxylic acid groups (broad SMARTS) is 1. The highest BCUT2D eigenvalue weighted by Gasteiger charge is 1.99. The first-order chi connectivity index (χ1) is 8.16. The van der Waals surface area contributed by atoms with E-state index in [2.05, 4.69) is 10.3 Å². The number of fused-ring (bicyclic) bond motifs is 1. The molecule has 5 heteroatoms. The van der Waals surface area contributed by atoms with Gasteiger partial charge in [-0.25, -0.2) is 9.78 Å². The molecule has 0 aliphatic heterocycles. The highest BCUT2D eigenvalue weighted by Crippen LogP contribution is 2.16. The average molecular weight is 231 g/mol. The molecule has 0 spiro atoms. The molecule has 17 heavy (non-hydrogen) atoms. The van der Waals surface area contributed by atoms with Gasteiger partial charge in [-0.2, -0.15) is 0 Å². The summed E-state index contributed by atoms with van der Waals surface area (Å²) in [5, 5.41) is 11.5. The minimum Gasteiger partial charge on any atom is -0.478 e. The molecule has 0 atom stereocenters. The molecule has 0 unspecified atom stereocenters. The zero-order chi connectivity index (χ0) is 12.3. The van der Waals surface area contributed by atoms with Gasteiger partial charge in [-0.3, -0.25) is 0 Å². The van der Waals surface area contributed by atoms with E-state index in [1.54, 1.807) is 12.4 Å². The lowest BCUT2D eigenvalue weighted by atomic mass is 10.2. The second kappa shape index (κ2) is 4.69.